The summed E-state index contributed by atoms with van der Waals surface area (Å²) in [6, 6.07) is 8.56. The molecule has 0 saturated carbocycles. The second-order valence-corrected chi connectivity index (χ2v) is 6.72. The summed E-state index contributed by atoms with van der Waals surface area (Å²) in [7, 11) is 1.72. The van der Waals surface area contributed by atoms with Gasteiger partial charge < -0.3 is 20.1 Å². The van der Waals surface area contributed by atoms with Crippen LogP contribution in [0.2, 0.25) is 0 Å². The fourth-order valence-corrected chi connectivity index (χ4v) is 3.69. The highest BCUT2D eigenvalue weighted by Gasteiger charge is 2.41. The van der Waals surface area contributed by atoms with Crippen LogP contribution >= 0.6 is 24.0 Å². The van der Waals surface area contributed by atoms with E-state index in [9.17, 15) is 0 Å². The Morgan fingerprint density at radius 2 is 2.16 bits per heavy atom. The van der Waals surface area contributed by atoms with Crippen molar-refractivity contribution in [2.45, 2.75) is 57.3 Å². The van der Waals surface area contributed by atoms with Crippen LogP contribution in [0.15, 0.2) is 29.3 Å². The third-order valence-corrected chi connectivity index (χ3v) is 4.97. The molecule has 3 rings (SSSR count). The van der Waals surface area contributed by atoms with Gasteiger partial charge in [0.05, 0.1) is 25.4 Å². The van der Waals surface area contributed by atoms with Gasteiger partial charge in [0.25, 0.3) is 0 Å². The molecule has 2 bridgehead atoms. The predicted molar refractivity (Wildman–Crippen MR) is 112 cm³/mol. The van der Waals surface area contributed by atoms with Crippen molar-refractivity contribution >= 4 is 29.9 Å². The van der Waals surface area contributed by atoms with E-state index in [2.05, 4.69) is 30.5 Å². The highest BCUT2D eigenvalue weighted by molar-refractivity contribution is 14.0. The number of benzene rings is 1. The zero-order valence-corrected chi connectivity index (χ0v) is 17.7. The summed E-state index contributed by atoms with van der Waals surface area (Å²) >= 11 is 0. The van der Waals surface area contributed by atoms with Gasteiger partial charge in [-0.15, -0.1) is 24.0 Å². The zero-order valence-electron chi connectivity index (χ0n) is 15.3. The molecule has 0 spiro atoms. The minimum atomic E-state index is 0. The average molecular weight is 459 g/mol. The van der Waals surface area contributed by atoms with Gasteiger partial charge in [-0.2, -0.15) is 0 Å². The Hall–Kier alpha value is -1.02. The minimum Gasteiger partial charge on any atom is -0.496 e. The third-order valence-electron chi connectivity index (χ3n) is 4.97. The average Bonchev–Trinajstić information content (AvgIpc) is 3.22. The van der Waals surface area contributed by atoms with Gasteiger partial charge in [0.15, 0.2) is 5.96 Å². The smallest absolute Gasteiger partial charge is 0.191 e. The van der Waals surface area contributed by atoms with Gasteiger partial charge in [0.2, 0.25) is 0 Å². The van der Waals surface area contributed by atoms with Crippen LogP contribution in [0.25, 0.3) is 0 Å². The lowest BCUT2D eigenvalue weighted by Crippen LogP contribution is -2.47. The molecule has 0 aromatic heterocycles. The van der Waals surface area contributed by atoms with E-state index in [4.69, 9.17) is 14.5 Å². The number of halogens is 1. The molecule has 2 N–H and O–H groups in total. The molecule has 4 unspecified atom stereocenters. The number of hydrogen-bond donors (Lipinski definition) is 2. The Labute approximate surface area is 168 Å². The summed E-state index contributed by atoms with van der Waals surface area (Å²) < 4.78 is 11.4. The fourth-order valence-electron chi connectivity index (χ4n) is 3.69. The van der Waals surface area contributed by atoms with Gasteiger partial charge in [0, 0.05) is 19.0 Å². The van der Waals surface area contributed by atoms with E-state index in [1.165, 1.54) is 18.4 Å². The quantitative estimate of drug-likeness (QED) is 0.390. The molecule has 1 aromatic carbocycles. The molecule has 0 amide bonds. The number of nitrogens with one attached hydrogen (secondary N) is 2. The van der Waals surface area contributed by atoms with Crippen molar-refractivity contribution in [3.63, 3.8) is 0 Å². The highest BCUT2D eigenvalue weighted by atomic mass is 127. The molecule has 4 atom stereocenters. The van der Waals surface area contributed by atoms with Crippen LogP contribution in [0.3, 0.4) is 0 Å². The van der Waals surface area contributed by atoms with Crippen LogP contribution in [0.1, 0.15) is 44.6 Å². The van der Waals surface area contributed by atoms with E-state index in [0.29, 0.717) is 24.2 Å². The predicted octanol–water partition coefficient (Wildman–Crippen LogP) is 3.29. The van der Waals surface area contributed by atoms with Crippen LogP contribution in [0.4, 0.5) is 0 Å². The molecule has 0 aliphatic carbocycles. The molecule has 2 saturated heterocycles. The Morgan fingerprint density at radius 3 is 2.80 bits per heavy atom. The first-order chi connectivity index (χ1) is 11.7. The maximum Gasteiger partial charge on any atom is 0.191 e. The summed E-state index contributed by atoms with van der Waals surface area (Å²) in [6.45, 7) is 5.86. The van der Waals surface area contributed by atoms with E-state index in [1.807, 2.05) is 18.2 Å². The summed E-state index contributed by atoms with van der Waals surface area (Å²) in [5, 5.41) is 6.92. The number of aliphatic imine (C=N–C) groups is 1. The van der Waals surface area contributed by atoms with E-state index in [-0.39, 0.29) is 24.0 Å². The lowest BCUT2D eigenvalue weighted by Gasteiger charge is -2.23. The van der Waals surface area contributed by atoms with Crippen LogP contribution in [-0.2, 0) is 4.74 Å². The van der Waals surface area contributed by atoms with Crippen molar-refractivity contribution < 1.29 is 9.47 Å². The number of ether oxygens (including phenoxy) is 2. The molecule has 2 aliphatic heterocycles. The van der Waals surface area contributed by atoms with Crippen molar-refractivity contribution in [2.24, 2.45) is 4.99 Å². The second-order valence-electron chi connectivity index (χ2n) is 6.72. The van der Waals surface area contributed by atoms with Gasteiger partial charge in [-0.3, -0.25) is 4.99 Å². The van der Waals surface area contributed by atoms with Gasteiger partial charge in [-0.05, 0) is 37.8 Å². The topological polar surface area (TPSA) is 54.9 Å². The van der Waals surface area contributed by atoms with E-state index in [0.717, 1.165) is 31.2 Å². The summed E-state index contributed by atoms with van der Waals surface area (Å²) in [5.74, 6) is 2.12. The van der Waals surface area contributed by atoms with E-state index < -0.39 is 0 Å². The molecular weight excluding hydrogens is 429 g/mol. The molecule has 0 radical (unpaired) electrons. The van der Waals surface area contributed by atoms with Gasteiger partial charge in [-0.25, -0.2) is 0 Å². The standard InChI is InChI=1S/C19H29N3O2.HI/c1-4-20-19(22-16-11-14-9-10-18(16)24-14)21-12-13(2)15-7-5-6-8-17(15)23-3;/h5-8,13-14,16,18H,4,9-12H2,1-3H3,(H2,20,21,22);1H. The van der Waals surface area contributed by atoms with Crippen molar-refractivity contribution in [3.8, 4) is 5.75 Å². The molecule has 5 nitrogen and oxygen atoms in total. The lowest BCUT2D eigenvalue weighted by molar-refractivity contribution is 0.0992. The first-order valence-corrected chi connectivity index (χ1v) is 9.04. The molecular formula is C19H30IN3O2. The summed E-state index contributed by atoms with van der Waals surface area (Å²) in [4.78, 5) is 4.80. The normalized spacial score (nSPS) is 26.0. The van der Waals surface area contributed by atoms with E-state index in [1.54, 1.807) is 7.11 Å². The molecule has 1 aromatic rings. The maximum atomic E-state index is 5.93. The Bertz CT molecular complexity index is 582. The summed E-state index contributed by atoms with van der Waals surface area (Å²) in [5.41, 5.74) is 1.20. The van der Waals surface area contributed by atoms with Crippen LogP contribution < -0.4 is 15.4 Å². The molecule has 2 aliphatic rings. The fraction of sp³-hybridized carbons (Fsp3) is 0.632. The molecule has 140 valence electrons. The maximum absolute atomic E-state index is 5.93. The third kappa shape index (κ3) is 5.00. The van der Waals surface area contributed by atoms with Gasteiger partial charge in [0.1, 0.15) is 5.75 Å². The van der Waals surface area contributed by atoms with E-state index >= 15 is 0 Å². The first-order valence-electron chi connectivity index (χ1n) is 9.04. The van der Waals surface area contributed by atoms with Gasteiger partial charge in [-0.1, -0.05) is 25.1 Å². The Kier molecular flexibility index (Phi) is 7.81. The molecule has 25 heavy (non-hydrogen) atoms. The number of methoxy groups -OCH3 is 1. The Morgan fingerprint density at radius 1 is 1.36 bits per heavy atom. The number of hydrogen-bond acceptors (Lipinski definition) is 3. The Balaban J connectivity index is 0.00000225. The van der Waals surface area contributed by atoms with Crippen LogP contribution in [0.5, 0.6) is 5.75 Å². The number of para-hydroxylation sites is 1. The first kappa shape index (κ1) is 20.3. The van der Waals surface area contributed by atoms with Crippen molar-refractivity contribution in [1.29, 1.82) is 0 Å². The molecule has 2 fully saturated rings. The monoisotopic (exact) mass is 459 g/mol. The lowest BCUT2D eigenvalue weighted by atomic mass is 9.96. The minimum absolute atomic E-state index is 0. The van der Waals surface area contributed by atoms with Crippen molar-refractivity contribution in [2.75, 3.05) is 20.2 Å². The largest absolute Gasteiger partial charge is 0.496 e. The zero-order chi connectivity index (χ0) is 16.9. The number of rotatable bonds is 6. The van der Waals surface area contributed by atoms with Crippen LogP contribution in [-0.4, -0.2) is 44.4 Å². The number of guanidine groups is 1. The SMILES string of the molecule is CCNC(=NCC(C)c1ccccc1OC)NC1CC2CCC1O2.I. The van der Waals surface area contributed by atoms with Crippen LogP contribution in [0, 0.1) is 0 Å². The summed E-state index contributed by atoms with van der Waals surface area (Å²) in [6.07, 6.45) is 4.27. The molecule has 2 heterocycles. The van der Waals surface area contributed by atoms with Crippen molar-refractivity contribution in [3.05, 3.63) is 29.8 Å². The molecule has 6 heteroatoms. The van der Waals surface area contributed by atoms with Gasteiger partial charge >= 0.3 is 0 Å². The van der Waals surface area contributed by atoms with Crippen molar-refractivity contribution in [1.82, 2.24) is 10.6 Å². The number of nitrogens with zero attached hydrogens (tertiary/aromatic N) is 1. The number of fused-ring (bicyclic) bond motifs is 2. The highest BCUT2D eigenvalue weighted by Crippen LogP contribution is 2.34. The second kappa shape index (κ2) is 9.62.